The number of amides is 2. The van der Waals surface area contributed by atoms with Gasteiger partial charge < -0.3 is 9.47 Å². The van der Waals surface area contributed by atoms with Gasteiger partial charge in [-0.2, -0.15) is 0 Å². The lowest BCUT2D eigenvalue weighted by Crippen LogP contribution is -2.47. The van der Waals surface area contributed by atoms with E-state index in [0.29, 0.717) is 0 Å². The standard InChI is InChI=1S/C18H22BrN3O4/c1-11(2)25-17(23)21-22(18(24)26-12(3)4)10-13-7-8-15(19)14-6-5-9-20-16(13)14/h5-9,11-12H,10H2,1-4H3,(H,21,23). The van der Waals surface area contributed by atoms with Crippen molar-refractivity contribution < 1.29 is 19.1 Å². The highest BCUT2D eigenvalue weighted by atomic mass is 79.9. The van der Waals surface area contributed by atoms with Crippen LogP contribution >= 0.6 is 15.9 Å². The van der Waals surface area contributed by atoms with Gasteiger partial charge in [-0.05, 0) is 39.8 Å². The summed E-state index contributed by atoms with van der Waals surface area (Å²) in [6.07, 6.45) is -0.362. The Morgan fingerprint density at radius 2 is 1.85 bits per heavy atom. The molecule has 0 aliphatic carbocycles. The van der Waals surface area contributed by atoms with Crippen LogP contribution in [0.2, 0.25) is 0 Å². The molecule has 0 saturated heterocycles. The van der Waals surface area contributed by atoms with Gasteiger partial charge in [-0.15, -0.1) is 0 Å². The third-order valence-electron chi connectivity index (χ3n) is 3.25. The van der Waals surface area contributed by atoms with Gasteiger partial charge in [-0.3, -0.25) is 4.98 Å². The van der Waals surface area contributed by atoms with Crippen LogP contribution in [0.5, 0.6) is 0 Å². The van der Waals surface area contributed by atoms with Gasteiger partial charge in [0.15, 0.2) is 0 Å². The van der Waals surface area contributed by atoms with Crippen LogP contribution < -0.4 is 5.43 Å². The van der Waals surface area contributed by atoms with Gasteiger partial charge in [0, 0.05) is 21.6 Å². The zero-order chi connectivity index (χ0) is 19.3. The van der Waals surface area contributed by atoms with E-state index in [-0.39, 0.29) is 18.8 Å². The lowest BCUT2D eigenvalue weighted by Gasteiger charge is -2.24. The smallest absolute Gasteiger partial charge is 0.429 e. The number of ether oxygens (including phenoxy) is 2. The fourth-order valence-electron chi connectivity index (χ4n) is 2.26. The van der Waals surface area contributed by atoms with Crippen LogP contribution in [-0.4, -0.2) is 34.4 Å². The van der Waals surface area contributed by atoms with Gasteiger partial charge in [0.2, 0.25) is 0 Å². The summed E-state index contributed by atoms with van der Waals surface area (Å²) in [5.41, 5.74) is 3.92. The van der Waals surface area contributed by atoms with E-state index in [4.69, 9.17) is 9.47 Å². The molecule has 0 spiro atoms. The Morgan fingerprint density at radius 1 is 1.15 bits per heavy atom. The van der Waals surface area contributed by atoms with E-state index < -0.39 is 12.2 Å². The summed E-state index contributed by atoms with van der Waals surface area (Å²) in [7, 11) is 0. The first kappa shape index (κ1) is 20.0. The Kier molecular flexibility index (Phi) is 6.79. The molecule has 0 radical (unpaired) electrons. The molecule has 0 fully saturated rings. The first-order valence-corrected chi connectivity index (χ1v) is 9.04. The summed E-state index contributed by atoms with van der Waals surface area (Å²) in [5, 5.41) is 1.99. The van der Waals surface area contributed by atoms with Gasteiger partial charge in [-0.1, -0.05) is 28.1 Å². The molecule has 7 nitrogen and oxygen atoms in total. The third kappa shape index (κ3) is 5.32. The first-order valence-electron chi connectivity index (χ1n) is 8.25. The summed E-state index contributed by atoms with van der Waals surface area (Å²) in [5.74, 6) is 0. The van der Waals surface area contributed by atoms with Crippen LogP contribution in [0.4, 0.5) is 9.59 Å². The van der Waals surface area contributed by atoms with Crippen molar-refractivity contribution in [2.45, 2.75) is 46.4 Å². The molecule has 0 bridgehead atoms. The molecular weight excluding hydrogens is 402 g/mol. The van der Waals surface area contributed by atoms with Crippen molar-refractivity contribution in [3.8, 4) is 0 Å². The van der Waals surface area contributed by atoms with Crippen LogP contribution in [0.25, 0.3) is 10.9 Å². The fourth-order valence-corrected chi connectivity index (χ4v) is 2.71. The number of hydrogen-bond acceptors (Lipinski definition) is 5. The number of carbonyl (C=O) groups excluding carboxylic acids is 2. The molecule has 140 valence electrons. The van der Waals surface area contributed by atoms with E-state index in [1.54, 1.807) is 33.9 Å². The molecule has 0 saturated carbocycles. The van der Waals surface area contributed by atoms with Gasteiger partial charge in [0.1, 0.15) is 0 Å². The highest BCUT2D eigenvalue weighted by Gasteiger charge is 2.22. The molecule has 1 heterocycles. The number of pyridine rings is 1. The predicted molar refractivity (Wildman–Crippen MR) is 101 cm³/mol. The quantitative estimate of drug-likeness (QED) is 0.737. The molecule has 2 rings (SSSR count). The molecule has 1 aromatic carbocycles. The maximum absolute atomic E-state index is 12.4. The third-order valence-corrected chi connectivity index (χ3v) is 3.95. The molecule has 0 aliphatic heterocycles. The molecule has 2 amide bonds. The number of rotatable bonds is 4. The molecule has 8 heteroatoms. The normalized spacial score (nSPS) is 10.9. The molecule has 0 atom stereocenters. The summed E-state index contributed by atoms with van der Waals surface area (Å²) in [6.45, 7) is 7.00. The van der Waals surface area contributed by atoms with Gasteiger partial charge >= 0.3 is 12.2 Å². The zero-order valence-corrected chi connectivity index (χ0v) is 16.7. The number of carbonyl (C=O) groups is 2. The Morgan fingerprint density at radius 3 is 2.50 bits per heavy atom. The average molecular weight is 424 g/mol. The SMILES string of the molecule is CC(C)OC(=O)NN(Cc1ccc(Br)c2cccnc12)C(=O)OC(C)C. The van der Waals surface area contributed by atoms with Crippen molar-refractivity contribution >= 4 is 39.0 Å². The number of fused-ring (bicyclic) bond motifs is 1. The van der Waals surface area contributed by atoms with Gasteiger partial charge in [-0.25, -0.2) is 20.0 Å². The van der Waals surface area contributed by atoms with Crippen LogP contribution in [0.1, 0.15) is 33.3 Å². The molecule has 1 aromatic heterocycles. The van der Waals surface area contributed by atoms with Crippen molar-refractivity contribution in [2.75, 3.05) is 0 Å². The molecule has 0 aliphatic rings. The molecule has 2 aromatic rings. The number of aromatic nitrogens is 1. The minimum atomic E-state index is -0.727. The molecule has 0 unspecified atom stereocenters. The predicted octanol–water partition coefficient (Wildman–Crippen LogP) is 4.39. The van der Waals surface area contributed by atoms with E-state index in [1.165, 1.54) is 0 Å². The number of hydrazine groups is 1. The molecule has 26 heavy (non-hydrogen) atoms. The number of benzene rings is 1. The zero-order valence-electron chi connectivity index (χ0n) is 15.2. The average Bonchev–Trinajstić information content (AvgIpc) is 2.55. The van der Waals surface area contributed by atoms with Crippen LogP contribution in [0, 0.1) is 0 Å². The van der Waals surface area contributed by atoms with Crippen molar-refractivity contribution in [3.05, 3.63) is 40.5 Å². The van der Waals surface area contributed by atoms with Crippen molar-refractivity contribution in [2.24, 2.45) is 0 Å². The first-order chi connectivity index (χ1) is 12.3. The van der Waals surface area contributed by atoms with Crippen molar-refractivity contribution in [1.82, 2.24) is 15.4 Å². The Hall–Kier alpha value is -2.35. The second-order valence-electron chi connectivity index (χ2n) is 6.19. The number of nitrogens with zero attached hydrogens (tertiary/aromatic N) is 2. The maximum Gasteiger partial charge on any atom is 0.429 e. The highest BCUT2D eigenvalue weighted by Crippen LogP contribution is 2.26. The van der Waals surface area contributed by atoms with Crippen LogP contribution in [0.15, 0.2) is 34.9 Å². The van der Waals surface area contributed by atoms with Crippen molar-refractivity contribution in [1.29, 1.82) is 0 Å². The number of hydrogen-bond donors (Lipinski definition) is 1. The summed E-state index contributed by atoms with van der Waals surface area (Å²) in [4.78, 5) is 28.7. The highest BCUT2D eigenvalue weighted by molar-refractivity contribution is 9.10. The van der Waals surface area contributed by atoms with E-state index >= 15 is 0 Å². The maximum atomic E-state index is 12.4. The summed E-state index contributed by atoms with van der Waals surface area (Å²) < 4.78 is 11.2. The van der Waals surface area contributed by atoms with Crippen LogP contribution in [-0.2, 0) is 16.0 Å². The molecule has 1 N–H and O–H groups in total. The molecular formula is C18H22BrN3O4. The topological polar surface area (TPSA) is 80.8 Å². The Balaban J connectivity index is 2.30. The minimum Gasteiger partial charge on any atom is -0.446 e. The van der Waals surface area contributed by atoms with Crippen LogP contribution in [0.3, 0.4) is 0 Å². The van der Waals surface area contributed by atoms with Crippen molar-refractivity contribution in [3.63, 3.8) is 0 Å². The summed E-state index contributed by atoms with van der Waals surface area (Å²) in [6, 6.07) is 7.47. The summed E-state index contributed by atoms with van der Waals surface area (Å²) >= 11 is 3.49. The van der Waals surface area contributed by atoms with E-state index in [9.17, 15) is 9.59 Å². The second-order valence-corrected chi connectivity index (χ2v) is 7.04. The fraction of sp³-hybridized carbons (Fsp3) is 0.389. The Bertz CT molecular complexity index is 795. The van der Waals surface area contributed by atoms with Gasteiger partial charge in [0.25, 0.3) is 0 Å². The number of nitrogens with one attached hydrogen (secondary N) is 1. The second kappa shape index (κ2) is 8.84. The monoisotopic (exact) mass is 423 g/mol. The van der Waals surface area contributed by atoms with E-state index in [2.05, 4.69) is 26.3 Å². The van der Waals surface area contributed by atoms with E-state index in [0.717, 1.165) is 25.9 Å². The van der Waals surface area contributed by atoms with E-state index in [1.807, 2.05) is 24.3 Å². The lowest BCUT2D eigenvalue weighted by atomic mass is 10.1. The largest absolute Gasteiger partial charge is 0.446 e. The van der Waals surface area contributed by atoms with Gasteiger partial charge in [0.05, 0.1) is 24.3 Å². The number of halogens is 1. The minimum absolute atomic E-state index is 0.0829. The Labute approximate surface area is 160 Å². The lowest BCUT2D eigenvalue weighted by molar-refractivity contribution is 0.0445.